The molecule has 1 aromatic rings. The number of benzene rings is 1. The summed E-state index contributed by atoms with van der Waals surface area (Å²) in [6.07, 6.45) is 0.199. The van der Waals surface area contributed by atoms with Crippen molar-refractivity contribution in [1.29, 1.82) is 0 Å². The molecular weight excluding hydrogens is 230 g/mol. The SMILES string of the molecule is CNCC(O)c1ccc(S(C)(=O)=O)cc1O. The fourth-order valence-electron chi connectivity index (χ4n) is 1.34. The van der Waals surface area contributed by atoms with Gasteiger partial charge in [-0.1, -0.05) is 6.07 Å². The van der Waals surface area contributed by atoms with Gasteiger partial charge >= 0.3 is 0 Å². The first-order valence-electron chi connectivity index (χ1n) is 4.72. The number of hydrogen-bond acceptors (Lipinski definition) is 5. The predicted molar refractivity (Wildman–Crippen MR) is 60.1 cm³/mol. The van der Waals surface area contributed by atoms with Crippen molar-refractivity contribution in [2.45, 2.75) is 11.0 Å². The quantitative estimate of drug-likeness (QED) is 0.697. The average molecular weight is 245 g/mol. The van der Waals surface area contributed by atoms with E-state index in [0.29, 0.717) is 5.56 Å². The molecule has 0 aliphatic heterocycles. The van der Waals surface area contributed by atoms with E-state index in [1.807, 2.05) is 0 Å². The lowest BCUT2D eigenvalue weighted by Crippen LogP contribution is -2.16. The van der Waals surface area contributed by atoms with Crippen molar-refractivity contribution < 1.29 is 18.6 Å². The molecule has 6 heteroatoms. The van der Waals surface area contributed by atoms with E-state index >= 15 is 0 Å². The van der Waals surface area contributed by atoms with Crippen LogP contribution in [0.5, 0.6) is 5.75 Å². The van der Waals surface area contributed by atoms with Crippen molar-refractivity contribution in [3.05, 3.63) is 23.8 Å². The number of nitrogens with one attached hydrogen (secondary N) is 1. The number of phenols is 1. The van der Waals surface area contributed by atoms with Crippen LogP contribution in [0, 0.1) is 0 Å². The molecule has 90 valence electrons. The zero-order chi connectivity index (χ0) is 12.3. The van der Waals surface area contributed by atoms with E-state index in [-0.39, 0.29) is 17.2 Å². The molecule has 0 fully saturated rings. The highest BCUT2D eigenvalue weighted by atomic mass is 32.2. The van der Waals surface area contributed by atoms with Crippen molar-refractivity contribution in [3.8, 4) is 5.75 Å². The molecule has 0 radical (unpaired) electrons. The van der Waals surface area contributed by atoms with Gasteiger partial charge in [0.2, 0.25) is 0 Å². The number of rotatable bonds is 4. The third-order valence-electron chi connectivity index (χ3n) is 2.19. The number of aliphatic hydroxyl groups is 1. The number of likely N-dealkylation sites (N-methyl/N-ethyl adjacent to an activating group) is 1. The fourth-order valence-corrected chi connectivity index (χ4v) is 1.98. The summed E-state index contributed by atoms with van der Waals surface area (Å²) in [5.41, 5.74) is 0.307. The Balaban J connectivity index is 3.10. The number of sulfone groups is 1. The van der Waals surface area contributed by atoms with Gasteiger partial charge in [0.05, 0.1) is 11.0 Å². The summed E-state index contributed by atoms with van der Waals surface area (Å²) in [5, 5.41) is 22.0. The van der Waals surface area contributed by atoms with E-state index < -0.39 is 15.9 Å². The molecule has 0 aromatic heterocycles. The summed E-state index contributed by atoms with van der Waals surface area (Å²) in [5.74, 6) is -0.217. The molecular formula is C10H15NO4S. The summed E-state index contributed by atoms with van der Waals surface area (Å²) >= 11 is 0. The van der Waals surface area contributed by atoms with Gasteiger partial charge in [-0.15, -0.1) is 0 Å². The van der Waals surface area contributed by atoms with Crippen molar-refractivity contribution in [2.75, 3.05) is 19.8 Å². The number of hydrogen-bond donors (Lipinski definition) is 3. The van der Waals surface area contributed by atoms with Gasteiger partial charge in [0, 0.05) is 18.4 Å². The maximum Gasteiger partial charge on any atom is 0.175 e. The Bertz CT molecular complexity index is 470. The molecule has 1 rings (SSSR count). The van der Waals surface area contributed by atoms with Gasteiger partial charge in [-0.2, -0.15) is 0 Å². The number of aromatic hydroxyl groups is 1. The molecule has 0 amide bonds. The third kappa shape index (κ3) is 2.94. The molecule has 3 N–H and O–H groups in total. The summed E-state index contributed by atoms with van der Waals surface area (Å²) in [6, 6.07) is 3.92. The molecule has 1 aromatic carbocycles. The minimum atomic E-state index is -3.34. The van der Waals surface area contributed by atoms with Gasteiger partial charge in [-0.3, -0.25) is 0 Å². The van der Waals surface area contributed by atoms with Crippen LogP contribution in [0.3, 0.4) is 0 Å². The van der Waals surface area contributed by atoms with E-state index in [1.165, 1.54) is 12.1 Å². The minimum Gasteiger partial charge on any atom is -0.508 e. The first-order chi connectivity index (χ1) is 7.36. The molecule has 1 unspecified atom stereocenters. The van der Waals surface area contributed by atoms with Gasteiger partial charge in [-0.25, -0.2) is 8.42 Å². The van der Waals surface area contributed by atoms with E-state index in [4.69, 9.17) is 0 Å². The van der Waals surface area contributed by atoms with Crippen LogP contribution in [-0.2, 0) is 9.84 Å². The topological polar surface area (TPSA) is 86.6 Å². The van der Waals surface area contributed by atoms with E-state index in [1.54, 1.807) is 7.05 Å². The van der Waals surface area contributed by atoms with Crippen molar-refractivity contribution in [3.63, 3.8) is 0 Å². The molecule has 1 atom stereocenters. The lowest BCUT2D eigenvalue weighted by molar-refractivity contribution is 0.174. The largest absolute Gasteiger partial charge is 0.508 e. The highest BCUT2D eigenvalue weighted by Gasteiger charge is 2.15. The van der Waals surface area contributed by atoms with Crippen molar-refractivity contribution >= 4 is 9.84 Å². The highest BCUT2D eigenvalue weighted by Crippen LogP contribution is 2.26. The van der Waals surface area contributed by atoms with Crippen LogP contribution in [0.1, 0.15) is 11.7 Å². The van der Waals surface area contributed by atoms with Gasteiger partial charge in [0.1, 0.15) is 5.75 Å². The molecule has 0 spiro atoms. The van der Waals surface area contributed by atoms with Gasteiger partial charge in [0.25, 0.3) is 0 Å². The third-order valence-corrected chi connectivity index (χ3v) is 3.30. The minimum absolute atomic E-state index is 0.0328. The second kappa shape index (κ2) is 4.82. The normalized spacial score (nSPS) is 13.7. The zero-order valence-electron chi connectivity index (χ0n) is 9.14. The smallest absolute Gasteiger partial charge is 0.175 e. The number of phenolic OH excluding ortho intramolecular Hbond substituents is 1. The average Bonchev–Trinajstić information content (AvgIpc) is 2.16. The predicted octanol–water partition coefficient (Wildman–Crippen LogP) is 0.0485. The molecule has 0 aliphatic rings. The Morgan fingerprint density at radius 1 is 1.44 bits per heavy atom. The Hall–Kier alpha value is -1.11. The maximum atomic E-state index is 11.2. The van der Waals surface area contributed by atoms with E-state index in [0.717, 1.165) is 12.3 Å². The summed E-state index contributed by atoms with van der Waals surface area (Å²) in [7, 11) is -1.67. The second-order valence-corrected chi connectivity index (χ2v) is 5.58. The lowest BCUT2D eigenvalue weighted by atomic mass is 10.1. The van der Waals surface area contributed by atoms with Crippen LogP contribution >= 0.6 is 0 Å². The zero-order valence-corrected chi connectivity index (χ0v) is 9.95. The molecule has 0 aliphatic carbocycles. The van der Waals surface area contributed by atoms with Crippen LogP contribution < -0.4 is 5.32 Å². The highest BCUT2D eigenvalue weighted by molar-refractivity contribution is 7.90. The van der Waals surface area contributed by atoms with Crippen LogP contribution in [0.4, 0.5) is 0 Å². The molecule has 0 saturated heterocycles. The van der Waals surface area contributed by atoms with Crippen molar-refractivity contribution in [1.82, 2.24) is 5.32 Å². The fraction of sp³-hybridized carbons (Fsp3) is 0.400. The molecule has 0 heterocycles. The standard InChI is InChI=1S/C10H15NO4S/c1-11-6-10(13)8-4-3-7(5-9(8)12)16(2,14)15/h3-5,10-13H,6H2,1-2H3. The lowest BCUT2D eigenvalue weighted by Gasteiger charge is -2.12. The van der Waals surface area contributed by atoms with Gasteiger partial charge in [0.15, 0.2) is 9.84 Å². The molecule has 0 bridgehead atoms. The second-order valence-electron chi connectivity index (χ2n) is 3.57. The Labute approximate surface area is 94.7 Å². The van der Waals surface area contributed by atoms with Crippen LogP contribution in [0.2, 0.25) is 0 Å². The maximum absolute atomic E-state index is 11.2. The van der Waals surface area contributed by atoms with Crippen LogP contribution in [-0.4, -0.2) is 38.5 Å². The van der Waals surface area contributed by atoms with Crippen LogP contribution in [0.25, 0.3) is 0 Å². The summed E-state index contributed by atoms with van der Waals surface area (Å²) in [4.78, 5) is 0.0328. The summed E-state index contributed by atoms with van der Waals surface area (Å²) < 4.78 is 22.4. The Morgan fingerprint density at radius 3 is 2.50 bits per heavy atom. The Kier molecular flexibility index (Phi) is 3.90. The van der Waals surface area contributed by atoms with Gasteiger partial charge in [-0.05, 0) is 19.2 Å². The Morgan fingerprint density at radius 2 is 2.06 bits per heavy atom. The molecule has 0 saturated carbocycles. The molecule has 5 nitrogen and oxygen atoms in total. The van der Waals surface area contributed by atoms with Crippen molar-refractivity contribution in [2.24, 2.45) is 0 Å². The number of aliphatic hydroxyl groups excluding tert-OH is 1. The van der Waals surface area contributed by atoms with Gasteiger partial charge < -0.3 is 15.5 Å². The van der Waals surface area contributed by atoms with E-state index in [9.17, 15) is 18.6 Å². The van der Waals surface area contributed by atoms with Crippen LogP contribution in [0.15, 0.2) is 23.1 Å². The summed E-state index contributed by atoms with van der Waals surface area (Å²) in [6.45, 7) is 0.284. The molecule has 16 heavy (non-hydrogen) atoms. The monoisotopic (exact) mass is 245 g/mol. The first-order valence-corrected chi connectivity index (χ1v) is 6.61. The van der Waals surface area contributed by atoms with E-state index in [2.05, 4.69) is 5.32 Å². The first kappa shape index (κ1) is 13.0.